The predicted octanol–water partition coefficient (Wildman–Crippen LogP) is 4.01. The van der Waals surface area contributed by atoms with Crippen LogP contribution in [0.25, 0.3) is 0 Å². The van der Waals surface area contributed by atoms with E-state index in [0.717, 1.165) is 35.0 Å². The smallest absolute Gasteiger partial charge is 0.242 e. The highest BCUT2D eigenvalue weighted by molar-refractivity contribution is 7.09. The molecule has 0 spiro atoms. The Bertz CT molecular complexity index is 854. The fourth-order valence-corrected chi connectivity index (χ4v) is 3.49. The zero-order chi connectivity index (χ0) is 22.9. The van der Waals surface area contributed by atoms with E-state index in [0.29, 0.717) is 12.5 Å². The normalized spacial score (nSPS) is 12.0. The highest BCUT2D eigenvalue weighted by Crippen LogP contribution is 2.17. The quantitative estimate of drug-likeness (QED) is 0.401. The van der Waals surface area contributed by atoms with Crippen LogP contribution in [-0.2, 0) is 17.6 Å². The van der Waals surface area contributed by atoms with Gasteiger partial charge in [-0.3, -0.25) is 4.79 Å². The number of carbonyl (C=O) groups excluding carboxylic acids is 1. The van der Waals surface area contributed by atoms with Crippen molar-refractivity contribution in [2.45, 2.75) is 66.0 Å². The number of amides is 1. The van der Waals surface area contributed by atoms with Gasteiger partial charge in [-0.05, 0) is 65.3 Å². The molecule has 0 atom stereocenters. The second-order valence-electron chi connectivity index (χ2n) is 8.54. The van der Waals surface area contributed by atoms with Gasteiger partial charge in [-0.15, -0.1) is 11.3 Å². The number of hydrogen-bond donors (Lipinski definition) is 3. The summed E-state index contributed by atoms with van der Waals surface area (Å²) in [5.41, 5.74) is 1.64. The number of aromatic nitrogens is 1. The summed E-state index contributed by atoms with van der Waals surface area (Å²) < 4.78 is 5.69. The fourth-order valence-electron chi connectivity index (χ4n) is 2.71. The number of aryl methyl sites for hydroxylation is 1. The Labute approximate surface area is 189 Å². The van der Waals surface area contributed by atoms with Crippen molar-refractivity contribution in [3.05, 3.63) is 40.3 Å². The number of anilines is 1. The first-order chi connectivity index (χ1) is 14.6. The maximum Gasteiger partial charge on any atom is 0.242 e. The van der Waals surface area contributed by atoms with Crippen molar-refractivity contribution in [2.75, 3.05) is 18.4 Å². The van der Waals surface area contributed by atoms with Crippen molar-refractivity contribution in [1.29, 1.82) is 0 Å². The summed E-state index contributed by atoms with van der Waals surface area (Å²) in [5, 5.41) is 12.7. The summed E-state index contributed by atoms with van der Waals surface area (Å²) >= 11 is 1.69. The Balaban J connectivity index is 2.01. The van der Waals surface area contributed by atoms with Gasteiger partial charge in [0.15, 0.2) is 5.96 Å². The van der Waals surface area contributed by atoms with Crippen LogP contribution in [0.1, 0.15) is 52.2 Å². The number of ether oxygens (including phenoxy) is 1. The Hall–Kier alpha value is -2.61. The third kappa shape index (κ3) is 9.83. The van der Waals surface area contributed by atoms with Crippen LogP contribution < -0.4 is 20.7 Å². The maximum atomic E-state index is 12.2. The molecule has 0 aliphatic heterocycles. The van der Waals surface area contributed by atoms with Crippen LogP contribution in [0.15, 0.2) is 34.6 Å². The molecule has 2 rings (SSSR count). The number of rotatable bonds is 9. The number of benzene rings is 1. The third-order valence-electron chi connectivity index (χ3n) is 3.96. The molecule has 7 nitrogen and oxygen atoms in total. The molecule has 0 aliphatic rings. The van der Waals surface area contributed by atoms with E-state index in [9.17, 15) is 4.79 Å². The zero-order valence-electron chi connectivity index (χ0n) is 19.4. The van der Waals surface area contributed by atoms with Crippen molar-refractivity contribution in [3.63, 3.8) is 0 Å². The summed E-state index contributed by atoms with van der Waals surface area (Å²) in [6.45, 7) is 12.6. The Kier molecular flexibility index (Phi) is 9.30. The Morgan fingerprint density at radius 3 is 2.52 bits per heavy atom. The number of hydrogen-bond acceptors (Lipinski definition) is 5. The van der Waals surface area contributed by atoms with E-state index in [1.165, 1.54) is 0 Å². The van der Waals surface area contributed by atoms with Crippen LogP contribution in [-0.4, -0.2) is 41.6 Å². The van der Waals surface area contributed by atoms with E-state index in [1.807, 2.05) is 58.9 Å². The zero-order valence-corrected chi connectivity index (χ0v) is 20.2. The molecule has 3 N–H and O–H groups in total. The molecule has 0 bridgehead atoms. The fraction of sp³-hybridized carbons (Fsp3) is 0.522. The van der Waals surface area contributed by atoms with Crippen molar-refractivity contribution in [1.82, 2.24) is 15.6 Å². The van der Waals surface area contributed by atoms with Gasteiger partial charge < -0.3 is 20.7 Å². The summed E-state index contributed by atoms with van der Waals surface area (Å²) in [5.74, 6) is 1.24. The standard InChI is InChI=1S/C23H35N5O2S/c1-7-21-26-18(15-31-21)12-13-24-22(25-14-20(29)28-23(4,5)6)27-17-8-10-19(11-9-17)30-16(2)3/h8-11,15-16H,7,12-14H2,1-6H3,(H,28,29)(H2,24,25,27). The van der Waals surface area contributed by atoms with Crippen LogP contribution >= 0.6 is 11.3 Å². The van der Waals surface area contributed by atoms with Gasteiger partial charge in [-0.2, -0.15) is 0 Å². The topological polar surface area (TPSA) is 87.6 Å². The molecule has 0 radical (unpaired) electrons. The molecule has 31 heavy (non-hydrogen) atoms. The van der Waals surface area contributed by atoms with E-state index >= 15 is 0 Å². The molecule has 0 saturated carbocycles. The molecule has 1 aromatic heterocycles. The van der Waals surface area contributed by atoms with Gasteiger partial charge >= 0.3 is 0 Å². The van der Waals surface area contributed by atoms with E-state index in [1.54, 1.807) is 11.3 Å². The minimum atomic E-state index is -0.290. The number of guanidine groups is 1. The van der Waals surface area contributed by atoms with Gasteiger partial charge in [-0.1, -0.05) is 6.92 Å². The number of nitrogens with one attached hydrogen (secondary N) is 3. The van der Waals surface area contributed by atoms with Gasteiger partial charge in [-0.25, -0.2) is 9.98 Å². The average Bonchev–Trinajstić information content (AvgIpc) is 3.13. The highest BCUT2D eigenvalue weighted by Gasteiger charge is 2.13. The maximum absolute atomic E-state index is 12.2. The molecule has 8 heteroatoms. The molecule has 170 valence electrons. The second-order valence-corrected chi connectivity index (χ2v) is 9.48. The molecule has 1 heterocycles. The van der Waals surface area contributed by atoms with E-state index < -0.39 is 0 Å². The van der Waals surface area contributed by atoms with Gasteiger partial charge in [0.25, 0.3) is 0 Å². The lowest BCUT2D eigenvalue weighted by molar-refractivity contribution is -0.121. The average molecular weight is 446 g/mol. The first-order valence-electron chi connectivity index (χ1n) is 10.7. The molecule has 2 aromatic rings. The lowest BCUT2D eigenvalue weighted by Crippen LogP contribution is -2.42. The van der Waals surface area contributed by atoms with Gasteiger partial charge in [0, 0.05) is 29.6 Å². The lowest BCUT2D eigenvalue weighted by Gasteiger charge is -2.20. The van der Waals surface area contributed by atoms with Crippen LogP contribution in [0.3, 0.4) is 0 Å². The van der Waals surface area contributed by atoms with Gasteiger partial charge in [0.05, 0.1) is 16.8 Å². The Morgan fingerprint density at radius 1 is 1.23 bits per heavy atom. The summed E-state index contributed by atoms with van der Waals surface area (Å²) in [7, 11) is 0. The second kappa shape index (κ2) is 11.7. The summed E-state index contributed by atoms with van der Waals surface area (Å²) in [4.78, 5) is 21.3. The first-order valence-corrected chi connectivity index (χ1v) is 11.6. The molecule has 0 saturated heterocycles. The van der Waals surface area contributed by atoms with Crippen molar-refractivity contribution >= 4 is 28.9 Å². The molecule has 1 aromatic carbocycles. The highest BCUT2D eigenvalue weighted by atomic mass is 32.1. The van der Waals surface area contributed by atoms with Crippen LogP contribution in [0.4, 0.5) is 5.69 Å². The van der Waals surface area contributed by atoms with Crippen LogP contribution in [0.2, 0.25) is 0 Å². The van der Waals surface area contributed by atoms with Gasteiger partial charge in [0.2, 0.25) is 5.91 Å². The molecule has 0 aliphatic carbocycles. The molecule has 1 amide bonds. The molecular formula is C23H35N5O2S. The summed E-state index contributed by atoms with van der Waals surface area (Å²) in [6, 6.07) is 7.68. The van der Waals surface area contributed by atoms with Crippen LogP contribution in [0.5, 0.6) is 5.75 Å². The van der Waals surface area contributed by atoms with E-state index in [-0.39, 0.29) is 24.1 Å². The molecule has 0 unspecified atom stereocenters. The van der Waals surface area contributed by atoms with Crippen molar-refractivity contribution in [2.24, 2.45) is 4.99 Å². The number of nitrogens with zero attached hydrogens (tertiary/aromatic N) is 2. The number of aliphatic imine (C=N–C) groups is 1. The third-order valence-corrected chi connectivity index (χ3v) is 5.00. The number of thiazole rings is 1. The van der Waals surface area contributed by atoms with Crippen LogP contribution in [0, 0.1) is 0 Å². The van der Waals surface area contributed by atoms with Crippen molar-refractivity contribution < 1.29 is 9.53 Å². The van der Waals surface area contributed by atoms with E-state index in [2.05, 4.69) is 38.2 Å². The minimum absolute atomic E-state index is 0.0395. The predicted molar refractivity (Wildman–Crippen MR) is 129 cm³/mol. The number of carbonyl (C=O) groups is 1. The van der Waals surface area contributed by atoms with Crippen molar-refractivity contribution in [3.8, 4) is 5.75 Å². The Morgan fingerprint density at radius 2 is 1.94 bits per heavy atom. The van der Waals surface area contributed by atoms with Gasteiger partial charge in [0.1, 0.15) is 12.3 Å². The summed E-state index contributed by atoms with van der Waals surface area (Å²) in [6.07, 6.45) is 1.86. The molecule has 0 fully saturated rings. The SMILES string of the molecule is CCc1nc(CCNC(=NCC(=O)NC(C)(C)C)Nc2ccc(OC(C)C)cc2)cs1. The largest absolute Gasteiger partial charge is 0.491 e. The minimum Gasteiger partial charge on any atom is -0.491 e. The first kappa shape index (κ1) is 24.7. The monoisotopic (exact) mass is 445 g/mol. The molecular weight excluding hydrogens is 410 g/mol. The van der Waals surface area contributed by atoms with E-state index in [4.69, 9.17) is 4.74 Å². The lowest BCUT2D eigenvalue weighted by atomic mass is 10.1.